The van der Waals surface area contributed by atoms with Crippen LogP contribution in [0, 0.1) is 0 Å². The second-order valence-corrected chi connectivity index (χ2v) is 6.64. The molecule has 0 atom stereocenters. The van der Waals surface area contributed by atoms with Gasteiger partial charge in [0.15, 0.2) is 0 Å². The Kier molecular flexibility index (Phi) is 6.57. The van der Waals surface area contributed by atoms with E-state index in [1.165, 1.54) is 6.08 Å². The van der Waals surface area contributed by atoms with E-state index >= 15 is 0 Å². The number of aromatic nitrogens is 2. The van der Waals surface area contributed by atoms with Crippen LogP contribution in [0.1, 0.15) is 31.5 Å². The fraction of sp³-hybridized carbons (Fsp3) is 0.273. The fourth-order valence-electron chi connectivity index (χ4n) is 3.28. The minimum absolute atomic E-state index is 0.563. The van der Waals surface area contributed by atoms with Gasteiger partial charge in [-0.2, -0.15) is 0 Å². The third kappa shape index (κ3) is 4.47. The summed E-state index contributed by atoms with van der Waals surface area (Å²) in [7, 11) is 0. The van der Waals surface area contributed by atoms with Gasteiger partial charge in [-0.3, -0.25) is 14.9 Å². The number of fused-ring (bicyclic) bond motifs is 1. The molecule has 0 aliphatic heterocycles. The van der Waals surface area contributed by atoms with Crippen LogP contribution in [0.4, 0.5) is 0 Å². The molecular weight excluding hydrogens is 352 g/mol. The molecule has 1 amide bonds. The minimum Gasteiger partial charge on any atom is -0.302 e. The summed E-state index contributed by atoms with van der Waals surface area (Å²) in [5, 5.41) is 8.63. The second kappa shape index (κ2) is 9.30. The van der Waals surface area contributed by atoms with Gasteiger partial charge in [-0.15, -0.1) is 0 Å². The van der Waals surface area contributed by atoms with Gasteiger partial charge in [-0.05, 0) is 43.3 Å². The summed E-state index contributed by atoms with van der Waals surface area (Å²) < 4.78 is 2.12. The fourth-order valence-corrected chi connectivity index (χ4v) is 3.28. The first kappa shape index (κ1) is 19.8. The van der Waals surface area contributed by atoms with Crippen LogP contribution in [-0.4, -0.2) is 38.5 Å². The zero-order chi connectivity index (χ0) is 19.9. The summed E-state index contributed by atoms with van der Waals surface area (Å²) in [6.45, 7) is 7.20. The van der Waals surface area contributed by atoms with E-state index in [1.807, 2.05) is 36.5 Å². The molecule has 0 radical (unpaired) electrons. The van der Waals surface area contributed by atoms with Crippen molar-refractivity contribution in [3.8, 4) is 11.3 Å². The van der Waals surface area contributed by atoms with E-state index in [2.05, 4.69) is 35.3 Å². The van der Waals surface area contributed by atoms with Gasteiger partial charge < -0.3 is 4.40 Å². The van der Waals surface area contributed by atoms with Crippen molar-refractivity contribution in [1.29, 1.82) is 0 Å². The number of carbonyl (C=O) groups excluding carboxylic acids is 1. The number of nitrogens with one attached hydrogen (secondary N) is 1. The molecule has 3 aromatic rings. The molecule has 6 heteroatoms. The van der Waals surface area contributed by atoms with E-state index in [4.69, 9.17) is 10.2 Å². The van der Waals surface area contributed by atoms with E-state index in [0.717, 1.165) is 54.2 Å². The van der Waals surface area contributed by atoms with Gasteiger partial charge in [-0.1, -0.05) is 44.2 Å². The van der Waals surface area contributed by atoms with Crippen LogP contribution in [-0.2, 0) is 11.3 Å². The van der Waals surface area contributed by atoms with Crippen LogP contribution in [0.25, 0.3) is 23.0 Å². The Balaban J connectivity index is 2.06. The molecule has 2 aromatic heterocycles. The first-order valence-corrected chi connectivity index (χ1v) is 9.57. The molecule has 0 fully saturated rings. The van der Waals surface area contributed by atoms with Gasteiger partial charge in [0.05, 0.1) is 11.4 Å². The quantitative estimate of drug-likeness (QED) is 0.356. The Hall–Kier alpha value is -2.96. The van der Waals surface area contributed by atoms with Crippen molar-refractivity contribution < 1.29 is 10.0 Å². The molecule has 28 heavy (non-hydrogen) atoms. The summed E-state index contributed by atoms with van der Waals surface area (Å²) >= 11 is 0. The number of amides is 1. The van der Waals surface area contributed by atoms with Crippen molar-refractivity contribution >= 4 is 17.6 Å². The Bertz CT molecular complexity index is 963. The third-order valence-electron chi connectivity index (χ3n) is 4.69. The normalized spacial score (nSPS) is 11.6. The number of hydroxylamine groups is 1. The van der Waals surface area contributed by atoms with Crippen LogP contribution in [0.2, 0.25) is 0 Å². The maximum Gasteiger partial charge on any atom is 0.267 e. The van der Waals surface area contributed by atoms with E-state index in [-0.39, 0.29) is 0 Å². The summed E-state index contributed by atoms with van der Waals surface area (Å²) in [6.07, 6.45) is 6.03. The molecule has 0 aliphatic carbocycles. The first-order chi connectivity index (χ1) is 13.7. The molecule has 0 spiro atoms. The number of pyridine rings is 1. The molecule has 0 saturated carbocycles. The highest BCUT2D eigenvalue weighted by atomic mass is 16.5. The Labute approximate surface area is 165 Å². The summed E-state index contributed by atoms with van der Waals surface area (Å²) in [6, 6.07) is 14.1. The monoisotopic (exact) mass is 378 g/mol. The number of rotatable bonds is 8. The predicted molar refractivity (Wildman–Crippen MR) is 111 cm³/mol. The number of nitrogens with zero attached hydrogens (tertiary/aromatic N) is 3. The Morgan fingerprint density at radius 2 is 2.04 bits per heavy atom. The molecule has 0 unspecified atom stereocenters. The lowest BCUT2D eigenvalue weighted by atomic mass is 10.1. The van der Waals surface area contributed by atoms with E-state index in [1.54, 1.807) is 11.6 Å². The molecule has 2 heterocycles. The highest BCUT2D eigenvalue weighted by molar-refractivity contribution is 5.91. The Morgan fingerprint density at radius 3 is 2.71 bits per heavy atom. The van der Waals surface area contributed by atoms with Gasteiger partial charge in [0.2, 0.25) is 0 Å². The molecule has 3 rings (SSSR count). The van der Waals surface area contributed by atoms with Crippen molar-refractivity contribution in [3.63, 3.8) is 0 Å². The van der Waals surface area contributed by atoms with Gasteiger partial charge in [-0.25, -0.2) is 10.5 Å². The van der Waals surface area contributed by atoms with Crippen molar-refractivity contribution in [2.45, 2.75) is 26.8 Å². The standard InChI is InChI=1S/C22H26N4O2/c1-3-13-25(4-2)16-19-22(18-8-6-5-7-9-18)23-20-15-17(12-14-26(19)20)10-11-21(27)24-28/h5-12,14-15,28H,3-4,13,16H2,1-2H3,(H,24,27)/b11-10+. The molecule has 0 saturated heterocycles. The average molecular weight is 378 g/mol. The largest absolute Gasteiger partial charge is 0.302 e. The van der Waals surface area contributed by atoms with Crippen LogP contribution >= 0.6 is 0 Å². The molecule has 1 aromatic carbocycles. The van der Waals surface area contributed by atoms with E-state index in [9.17, 15) is 4.79 Å². The molecule has 0 bridgehead atoms. The number of benzene rings is 1. The predicted octanol–water partition coefficient (Wildman–Crippen LogP) is 3.75. The lowest BCUT2D eigenvalue weighted by Gasteiger charge is -2.20. The van der Waals surface area contributed by atoms with Crippen LogP contribution < -0.4 is 5.48 Å². The summed E-state index contributed by atoms with van der Waals surface area (Å²) in [4.78, 5) is 18.5. The van der Waals surface area contributed by atoms with Crippen molar-refractivity contribution in [2.75, 3.05) is 13.1 Å². The Morgan fingerprint density at radius 1 is 1.25 bits per heavy atom. The molecular formula is C22H26N4O2. The number of carbonyl (C=O) groups is 1. The maximum atomic E-state index is 11.2. The summed E-state index contributed by atoms with van der Waals surface area (Å²) in [5.41, 5.74) is 6.48. The lowest BCUT2D eigenvalue weighted by Crippen LogP contribution is -2.24. The zero-order valence-electron chi connectivity index (χ0n) is 16.3. The highest BCUT2D eigenvalue weighted by Crippen LogP contribution is 2.26. The highest BCUT2D eigenvalue weighted by Gasteiger charge is 2.16. The zero-order valence-corrected chi connectivity index (χ0v) is 16.3. The SMILES string of the molecule is CCCN(CC)Cc1c(-c2ccccc2)nc2cc(/C=C/C(=O)NO)ccn12. The van der Waals surface area contributed by atoms with Crippen molar-refractivity contribution in [2.24, 2.45) is 0 Å². The van der Waals surface area contributed by atoms with Gasteiger partial charge in [0, 0.05) is 24.4 Å². The minimum atomic E-state index is -0.563. The molecule has 6 nitrogen and oxygen atoms in total. The molecule has 146 valence electrons. The van der Waals surface area contributed by atoms with E-state index < -0.39 is 5.91 Å². The number of imidazole rings is 1. The van der Waals surface area contributed by atoms with Gasteiger partial charge in [0.25, 0.3) is 5.91 Å². The third-order valence-corrected chi connectivity index (χ3v) is 4.69. The van der Waals surface area contributed by atoms with Crippen molar-refractivity contribution in [3.05, 3.63) is 66.0 Å². The smallest absolute Gasteiger partial charge is 0.267 e. The van der Waals surface area contributed by atoms with Crippen LogP contribution in [0.3, 0.4) is 0 Å². The number of hydrogen-bond donors (Lipinski definition) is 2. The number of hydrogen-bond acceptors (Lipinski definition) is 4. The van der Waals surface area contributed by atoms with E-state index in [0.29, 0.717) is 0 Å². The topological polar surface area (TPSA) is 69.9 Å². The van der Waals surface area contributed by atoms with Crippen LogP contribution in [0.15, 0.2) is 54.7 Å². The maximum absolute atomic E-state index is 11.2. The molecule has 2 N–H and O–H groups in total. The van der Waals surface area contributed by atoms with Gasteiger partial charge in [0.1, 0.15) is 5.65 Å². The van der Waals surface area contributed by atoms with Crippen LogP contribution in [0.5, 0.6) is 0 Å². The lowest BCUT2D eigenvalue weighted by molar-refractivity contribution is -0.124. The van der Waals surface area contributed by atoms with Gasteiger partial charge >= 0.3 is 0 Å². The van der Waals surface area contributed by atoms with Crippen molar-refractivity contribution in [1.82, 2.24) is 19.8 Å². The molecule has 0 aliphatic rings. The second-order valence-electron chi connectivity index (χ2n) is 6.64. The average Bonchev–Trinajstić information content (AvgIpc) is 3.09. The first-order valence-electron chi connectivity index (χ1n) is 9.57. The summed E-state index contributed by atoms with van der Waals surface area (Å²) in [5.74, 6) is -0.563.